The Bertz CT molecular complexity index is 1470. The molecule has 2 aliphatic heterocycles. The van der Waals surface area contributed by atoms with Gasteiger partial charge in [0.25, 0.3) is 5.91 Å². The lowest BCUT2D eigenvalue weighted by atomic mass is 9.88. The zero-order chi connectivity index (χ0) is 29.1. The number of amides is 1. The quantitative estimate of drug-likeness (QED) is 0.330. The Hall–Kier alpha value is -2.72. The maximum atomic E-state index is 12.8. The van der Waals surface area contributed by atoms with Crippen LogP contribution in [0.15, 0.2) is 42.6 Å². The highest BCUT2D eigenvalue weighted by atomic mass is 32.2. The second kappa shape index (κ2) is 12.7. The van der Waals surface area contributed by atoms with Crippen molar-refractivity contribution in [2.75, 3.05) is 45.6 Å². The number of methoxy groups -OCH3 is 1. The summed E-state index contributed by atoms with van der Waals surface area (Å²) in [6.45, 7) is 9.24. The van der Waals surface area contributed by atoms with E-state index in [4.69, 9.17) is 10.5 Å². The van der Waals surface area contributed by atoms with Crippen molar-refractivity contribution in [3.05, 3.63) is 59.3 Å². The predicted molar refractivity (Wildman–Crippen MR) is 164 cm³/mol. The van der Waals surface area contributed by atoms with E-state index in [1.165, 1.54) is 12.0 Å². The average Bonchev–Trinajstić information content (AvgIpc) is 3.36. The first-order chi connectivity index (χ1) is 19.6. The highest BCUT2D eigenvalue weighted by molar-refractivity contribution is 7.89. The fourth-order valence-corrected chi connectivity index (χ4v) is 8.45. The number of piperidine rings is 2. The van der Waals surface area contributed by atoms with Gasteiger partial charge in [0.1, 0.15) is 0 Å². The van der Waals surface area contributed by atoms with Gasteiger partial charge in [-0.15, -0.1) is 0 Å². The van der Waals surface area contributed by atoms with Crippen molar-refractivity contribution >= 4 is 26.8 Å². The normalized spacial score (nSPS) is 21.4. The molecule has 2 fully saturated rings. The number of sulfonamides is 1. The van der Waals surface area contributed by atoms with Crippen molar-refractivity contribution in [1.29, 1.82) is 0 Å². The molecule has 2 saturated heterocycles. The Balaban J connectivity index is 1.39. The molecule has 2 aliphatic rings. The zero-order valence-electron chi connectivity index (χ0n) is 24.6. The van der Waals surface area contributed by atoms with E-state index in [1.807, 2.05) is 12.3 Å². The smallest absolute Gasteiger partial charge is 0.250 e. The summed E-state index contributed by atoms with van der Waals surface area (Å²) in [4.78, 5) is 18.4. The van der Waals surface area contributed by atoms with E-state index in [0.29, 0.717) is 43.5 Å². The zero-order valence-corrected chi connectivity index (χ0v) is 25.4. The number of rotatable bonds is 10. The van der Waals surface area contributed by atoms with Crippen LogP contribution in [0.1, 0.15) is 66.9 Å². The molecule has 1 amide bonds. The summed E-state index contributed by atoms with van der Waals surface area (Å²) >= 11 is 0. The number of nitrogens with one attached hydrogen (secondary N) is 1. The molecule has 8 nitrogen and oxygen atoms in total. The van der Waals surface area contributed by atoms with Gasteiger partial charge < -0.3 is 15.5 Å². The fourth-order valence-electron chi connectivity index (χ4n) is 6.94. The number of H-pyrrole nitrogens is 1. The lowest BCUT2D eigenvalue weighted by Crippen LogP contribution is -2.39. The number of ether oxygens (including phenoxy) is 1. The van der Waals surface area contributed by atoms with Gasteiger partial charge in [-0.1, -0.05) is 32.0 Å². The van der Waals surface area contributed by atoms with E-state index >= 15 is 0 Å². The minimum absolute atomic E-state index is 0.110. The number of hydrogen-bond donors (Lipinski definition) is 2. The molecule has 0 bridgehead atoms. The van der Waals surface area contributed by atoms with Crippen molar-refractivity contribution < 1.29 is 17.9 Å². The molecular formula is C32H44N4O4S. The molecule has 3 heterocycles. The summed E-state index contributed by atoms with van der Waals surface area (Å²) in [5.41, 5.74) is 11.5. The van der Waals surface area contributed by atoms with E-state index in [-0.39, 0.29) is 11.7 Å². The summed E-state index contributed by atoms with van der Waals surface area (Å²) in [5.74, 6) is 1.25. The van der Waals surface area contributed by atoms with E-state index in [9.17, 15) is 13.2 Å². The van der Waals surface area contributed by atoms with Gasteiger partial charge in [0.05, 0.1) is 16.8 Å². The Kier molecular flexibility index (Phi) is 9.18. The molecule has 3 aromatic rings. The topological polar surface area (TPSA) is 109 Å². The van der Waals surface area contributed by atoms with Gasteiger partial charge in [0.15, 0.2) is 0 Å². The number of fused-ring (bicyclic) bond motifs is 1. The van der Waals surface area contributed by atoms with Crippen LogP contribution in [0, 0.1) is 11.8 Å². The number of nitrogens with two attached hydrogens (primary N) is 1. The van der Waals surface area contributed by atoms with Gasteiger partial charge in [-0.05, 0) is 83.9 Å². The summed E-state index contributed by atoms with van der Waals surface area (Å²) in [5, 5.41) is 0.988. The molecule has 222 valence electrons. The van der Waals surface area contributed by atoms with E-state index < -0.39 is 15.9 Å². The first-order valence-electron chi connectivity index (χ1n) is 14.9. The maximum absolute atomic E-state index is 12.8. The van der Waals surface area contributed by atoms with Crippen molar-refractivity contribution in [3.63, 3.8) is 0 Å². The van der Waals surface area contributed by atoms with E-state index in [2.05, 4.69) is 54.1 Å². The van der Waals surface area contributed by atoms with Crippen LogP contribution in [0.5, 0.6) is 0 Å². The SMILES string of the molecule is COCCCS(=O)(=O)N1CCC(c2c[nH]c3c(C(N)=O)cc(-c4cccc(CN5CC(C)CC(C)C5)c4)cc23)CC1. The fraction of sp³-hybridized carbons (Fsp3) is 0.531. The second-order valence-electron chi connectivity index (χ2n) is 12.2. The van der Waals surface area contributed by atoms with Crippen LogP contribution < -0.4 is 5.73 Å². The van der Waals surface area contributed by atoms with Gasteiger partial charge in [0, 0.05) is 58.0 Å². The van der Waals surface area contributed by atoms with Gasteiger partial charge >= 0.3 is 0 Å². The van der Waals surface area contributed by atoms with E-state index in [0.717, 1.165) is 60.1 Å². The Labute approximate surface area is 244 Å². The van der Waals surface area contributed by atoms with Crippen LogP contribution >= 0.6 is 0 Å². The summed E-state index contributed by atoms with van der Waals surface area (Å²) in [6, 6.07) is 12.7. The number of aromatic amines is 1. The molecule has 0 radical (unpaired) electrons. The monoisotopic (exact) mass is 580 g/mol. The van der Waals surface area contributed by atoms with Gasteiger partial charge in [-0.25, -0.2) is 12.7 Å². The highest BCUT2D eigenvalue weighted by Gasteiger charge is 2.30. The Morgan fingerprint density at radius 3 is 2.49 bits per heavy atom. The number of hydrogen-bond acceptors (Lipinski definition) is 5. The van der Waals surface area contributed by atoms with Crippen LogP contribution in [0.4, 0.5) is 0 Å². The molecule has 2 aromatic carbocycles. The first kappa shape index (κ1) is 29.8. The second-order valence-corrected chi connectivity index (χ2v) is 14.3. The van der Waals surface area contributed by atoms with Gasteiger partial charge in [-0.3, -0.25) is 9.69 Å². The van der Waals surface area contributed by atoms with Crippen LogP contribution in [0.2, 0.25) is 0 Å². The average molecular weight is 581 g/mol. The molecule has 0 aliphatic carbocycles. The molecule has 0 saturated carbocycles. The van der Waals surface area contributed by atoms with Crippen molar-refractivity contribution in [2.45, 2.75) is 52.0 Å². The largest absolute Gasteiger partial charge is 0.385 e. The first-order valence-corrected chi connectivity index (χ1v) is 16.5. The van der Waals surface area contributed by atoms with Crippen LogP contribution in [-0.2, 0) is 21.3 Å². The van der Waals surface area contributed by atoms with Gasteiger partial charge in [0.2, 0.25) is 10.0 Å². The number of benzene rings is 2. The molecule has 3 N–H and O–H groups in total. The minimum Gasteiger partial charge on any atom is -0.385 e. The molecule has 41 heavy (non-hydrogen) atoms. The molecule has 9 heteroatoms. The van der Waals surface area contributed by atoms with Crippen LogP contribution in [0.25, 0.3) is 22.0 Å². The predicted octanol–water partition coefficient (Wildman–Crippen LogP) is 4.96. The molecule has 0 spiro atoms. The lowest BCUT2D eigenvalue weighted by molar-refractivity contribution is 0.100. The maximum Gasteiger partial charge on any atom is 0.250 e. The Morgan fingerprint density at radius 2 is 1.80 bits per heavy atom. The third-order valence-corrected chi connectivity index (χ3v) is 10.7. The van der Waals surface area contributed by atoms with Crippen molar-refractivity contribution in [2.24, 2.45) is 17.6 Å². The third kappa shape index (κ3) is 6.85. The molecule has 5 rings (SSSR count). The van der Waals surface area contributed by atoms with Crippen LogP contribution in [-0.4, -0.2) is 74.2 Å². The number of nitrogens with zero attached hydrogens (tertiary/aromatic N) is 2. The summed E-state index contributed by atoms with van der Waals surface area (Å²) in [6.07, 6.45) is 5.22. The Morgan fingerprint density at radius 1 is 1.07 bits per heavy atom. The van der Waals surface area contributed by atoms with Gasteiger partial charge in [-0.2, -0.15) is 0 Å². The van der Waals surface area contributed by atoms with E-state index in [1.54, 1.807) is 11.4 Å². The third-order valence-electron chi connectivity index (χ3n) is 8.74. The number of primary amides is 1. The van der Waals surface area contributed by atoms with Crippen molar-refractivity contribution in [1.82, 2.24) is 14.2 Å². The number of carbonyl (C=O) groups is 1. The molecule has 2 unspecified atom stereocenters. The summed E-state index contributed by atoms with van der Waals surface area (Å²) < 4.78 is 32.2. The molecule has 2 atom stereocenters. The standard InChI is InChI=1S/C32H44N4O4S/c1-22-14-23(2)20-35(19-22)21-24-6-4-7-26(15-24)27-16-28-30(18-34-31(28)29(17-27)32(33)37)25-8-10-36(11-9-25)41(38,39)13-5-12-40-3/h4,6-7,15-18,22-23,25,34H,5,8-14,19-21H2,1-3H3,(H2,33,37). The minimum atomic E-state index is -3.29. The highest BCUT2D eigenvalue weighted by Crippen LogP contribution is 2.37. The number of aromatic nitrogens is 1. The summed E-state index contributed by atoms with van der Waals surface area (Å²) in [7, 11) is -1.71. The lowest BCUT2D eigenvalue weighted by Gasteiger charge is -2.35. The van der Waals surface area contributed by atoms with Crippen LogP contribution in [0.3, 0.4) is 0 Å². The number of carbonyl (C=O) groups excluding carboxylic acids is 1. The molecule has 1 aromatic heterocycles. The number of likely N-dealkylation sites (tertiary alicyclic amines) is 1. The molecular weight excluding hydrogens is 536 g/mol. The van der Waals surface area contributed by atoms with Crippen molar-refractivity contribution in [3.8, 4) is 11.1 Å².